The van der Waals surface area contributed by atoms with Crippen molar-refractivity contribution in [3.63, 3.8) is 0 Å². The molecular formula is C11H13N3O2. The molecule has 2 rings (SSSR count). The van der Waals surface area contributed by atoms with Crippen molar-refractivity contribution in [3.05, 3.63) is 23.8 Å². The van der Waals surface area contributed by atoms with Crippen molar-refractivity contribution >= 4 is 23.7 Å². The van der Waals surface area contributed by atoms with E-state index >= 15 is 0 Å². The van der Waals surface area contributed by atoms with Gasteiger partial charge in [-0.25, -0.2) is 5.84 Å². The Morgan fingerprint density at radius 1 is 1.44 bits per heavy atom. The fourth-order valence-electron chi connectivity index (χ4n) is 1.80. The third-order valence-corrected chi connectivity index (χ3v) is 2.90. The third-order valence-electron chi connectivity index (χ3n) is 2.90. The Hall–Kier alpha value is -1.88. The molecule has 0 fully saturated rings. The first kappa shape index (κ1) is 10.6. The Morgan fingerprint density at radius 3 is 2.75 bits per heavy atom. The highest BCUT2D eigenvalue weighted by Gasteiger charge is 2.38. The molecule has 1 aliphatic rings. The molecule has 3 N–H and O–H groups in total. The van der Waals surface area contributed by atoms with Crippen LogP contribution in [0.2, 0.25) is 0 Å². The molecule has 16 heavy (non-hydrogen) atoms. The highest BCUT2D eigenvalue weighted by Crippen LogP contribution is 2.38. The molecule has 0 radical (unpaired) electrons. The smallest absolute Gasteiger partial charge is 0.234 e. The summed E-state index contributed by atoms with van der Waals surface area (Å²) in [6.07, 6.45) is 0.518. The summed E-state index contributed by atoms with van der Waals surface area (Å²) in [5.41, 5.74) is 1.64. The van der Waals surface area contributed by atoms with Crippen LogP contribution in [0, 0.1) is 0 Å². The molecular weight excluding hydrogens is 206 g/mol. The monoisotopic (exact) mass is 219 g/mol. The molecule has 5 nitrogen and oxygen atoms in total. The van der Waals surface area contributed by atoms with Gasteiger partial charge >= 0.3 is 0 Å². The normalized spacial score (nSPS) is 16.6. The predicted octanol–water partition coefficient (Wildman–Crippen LogP) is 0.753. The van der Waals surface area contributed by atoms with E-state index in [9.17, 15) is 9.59 Å². The summed E-state index contributed by atoms with van der Waals surface area (Å²) in [5.74, 6) is 5.40. The van der Waals surface area contributed by atoms with Gasteiger partial charge < -0.3 is 5.32 Å². The number of nitrogens with zero attached hydrogens (tertiary/aromatic N) is 1. The summed E-state index contributed by atoms with van der Waals surface area (Å²) in [5, 5.41) is 3.74. The van der Waals surface area contributed by atoms with Crippen LogP contribution in [0.4, 0.5) is 11.4 Å². The number of rotatable bonds is 2. The number of hydrogen-bond acceptors (Lipinski definition) is 3. The maximum Gasteiger partial charge on any atom is 0.234 e. The second-order valence-corrected chi connectivity index (χ2v) is 4.32. The first-order valence-electron chi connectivity index (χ1n) is 4.92. The minimum absolute atomic E-state index is 0.0469. The second-order valence-electron chi connectivity index (χ2n) is 4.32. The van der Waals surface area contributed by atoms with Crippen molar-refractivity contribution in [1.82, 2.24) is 0 Å². The number of carbonyl (C=O) groups excluding carboxylic acids is 2. The quantitative estimate of drug-likeness (QED) is 0.333. The Kier molecular flexibility index (Phi) is 2.20. The fourth-order valence-corrected chi connectivity index (χ4v) is 1.80. The zero-order valence-electron chi connectivity index (χ0n) is 9.15. The molecule has 0 aliphatic carbocycles. The van der Waals surface area contributed by atoms with Gasteiger partial charge in [0.25, 0.3) is 0 Å². The van der Waals surface area contributed by atoms with Crippen LogP contribution in [-0.2, 0) is 15.0 Å². The molecule has 1 heterocycles. The maximum absolute atomic E-state index is 11.7. The summed E-state index contributed by atoms with van der Waals surface area (Å²) < 4.78 is 0. The summed E-state index contributed by atoms with van der Waals surface area (Å²) in [7, 11) is 0. The number of fused-ring (bicyclic) bond motifs is 1. The minimum Gasteiger partial charge on any atom is -0.325 e. The number of benzene rings is 1. The summed E-state index contributed by atoms with van der Waals surface area (Å²) >= 11 is 0. The van der Waals surface area contributed by atoms with Crippen LogP contribution < -0.4 is 16.2 Å². The van der Waals surface area contributed by atoms with E-state index in [1.54, 1.807) is 12.1 Å². The van der Waals surface area contributed by atoms with E-state index in [2.05, 4.69) is 5.32 Å². The molecule has 0 saturated carbocycles. The second kappa shape index (κ2) is 3.31. The molecule has 0 bridgehead atoms. The van der Waals surface area contributed by atoms with E-state index < -0.39 is 5.41 Å². The van der Waals surface area contributed by atoms with Crippen LogP contribution >= 0.6 is 0 Å². The van der Waals surface area contributed by atoms with E-state index in [4.69, 9.17) is 5.84 Å². The lowest BCUT2D eigenvalue weighted by molar-refractivity contribution is -0.119. The van der Waals surface area contributed by atoms with Gasteiger partial charge in [0.15, 0.2) is 0 Å². The van der Waals surface area contributed by atoms with Gasteiger partial charge in [-0.1, -0.05) is 6.07 Å². The summed E-state index contributed by atoms with van der Waals surface area (Å²) in [6, 6.07) is 5.22. The molecule has 0 unspecified atom stereocenters. The van der Waals surface area contributed by atoms with Crippen molar-refractivity contribution < 1.29 is 9.59 Å². The molecule has 5 heteroatoms. The van der Waals surface area contributed by atoms with E-state index in [-0.39, 0.29) is 5.91 Å². The summed E-state index contributed by atoms with van der Waals surface area (Å²) in [6.45, 7) is 3.71. The highest BCUT2D eigenvalue weighted by atomic mass is 16.2. The van der Waals surface area contributed by atoms with Crippen molar-refractivity contribution in [3.8, 4) is 0 Å². The number of nitrogens with one attached hydrogen (secondary N) is 1. The number of anilines is 2. The minimum atomic E-state index is -0.533. The average Bonchev–Trinajstić information content (AvgIpc) is 2.48. The molecule has 1 aliphatic heterocycles. The lowest BCUT2D eigenvalue weighted by atomic mass is 9.86. The van der Waals surface area contributed by atoms with Gasteiger partial charge in [0.1, 0.15) is 0 Å². The zero-order chi connectivity index (χ0) is 11.9. The topological polar surface area (TPSA) is 75.4 Å². The highest BCUT2D eigenvalue weighted by molar-refractivity contribution is 6.06. The average molecular weight is 219 g/mol. The standard InChI is InChI=1S/C11H13N3O2/c1-11(2)8-4-3-7(14(12)6-15)5-9(8)13-10(11)16/h3-6H,12H2,1-2H3,(H,13,16). The van der Waals surface area contributed by atoms with Crippen LogP contribution in [0.15, 0.2) is 18.2 Å². The van der Waals surface area contributed by atoms with Gasteiger partial charge in [-0.2, -0.15) is 0 Å². The number of hydrazine groups is 1. The zero-order valence-corrected chi connectivity index (χ0v) is 9.15. The van der Waals surface area contributed by atoms with Crippen LogP contribution in [0.5, 0.6) is 0 Å². The number of carbonyl (C=O) groups is 2. The number of nitrogens with two attached hydrogens (primary N) is 1. The molecule has 0 aromatic heterocycles. The van der Waals surface area contributed by atoms with Crippen LogP contribution in [0.1, 0.15) is 19.4 Å². The first-order valence-corrected chi connectivity index (χ1v) is 4.92. The molecule has 0 spiro atoms. The predicted molar refractivity (Wildman–Crippen MR) is 60.8 cm³/mol. The van der Waals surface area contributed by atoms with Crippen LogP contribution in [0.25, 0.3) is 0 Å². The lowest BCUT2D eigenvalue weighted by Gasteiger charge is -2.16. The van der Waals surface area contributed by atoms with E-state index in [1.165, 1.54) is 0 Å². The van der Waals surface area contributed by atoms with E-state index in [1.807, 2.05) is 19.9 Å². The van der Waals surface area contributed by atoms with Crippen molar-refractivity contribution in [2.45, 2.75) is 19.3 Å². The number of amides is 2. The number of hydrogen-bond donors (Lipinski definition) is 2. The molecule has 1 aromatic rings. The molecule has 84 valence electrons. The molecule has 0 atom stereocenters. The van der Waals surface area contributed by atoms with E-state index in [0.717, 1.165) is 10.6 Å². The third kappa shape index (κ3) is 1.37. The van der Waals surface area contributed by atoms with Crippen LogP contribution in [-0.4, -0.2) is 12.3 Å². The van der Waals surface area contributed by atoms with Gasteiger partial charge in [-0.15, -0.1) is 0 Å². The summed E-state index contributed by atoms with van der Waals surface area (Å²) in [4.78, 5) is 22.2. The maximum atomic E-state index is 11.7. The van der Waals surface area contributed by atoms with Gasteiger partial charge in [-0.05, 0) is 31.5 Å². The Bertz CT molecular complexity index is 468. The van der Waals surface area contributed by atoms with E-state index in [0.29, 0.717) is 17.8 Å². The molecule has 2 amide bonds. The van der Waals surface area contributed by atoms with Gasteiger partial charge in [-0.3, -0.25) is 14.6 Å². The first-order chi connectivity index (χ1) is 7.46. The van der Waals surface area contributed by atoms with Gasteiger partial charge in [0, 0.05) is 5.69 Å². The molecule has 1 aromatic carbocycles. The van der Waals surface area contributed by atoms with Gasteiger partial charge in [0.2, 0.25) is 12.3 Å². The van der Waals surface area contributed by atoms with Crippen molar-refractivity contribution in [2.24, 2.45) is 5.84 Å². The molecule has 0 saturated heterocycles. The van der Waals surface area contributed by atoms with Crippen LogP contribution in [0.3, 0.4) is 0 Å². The SMILES string of the molecule is CC1(C)C(=O)Nc2cc(N(N)C=O)ccc21. The largest absolute Gasteiger partial charge is 0.325 e. The lowest BCUT2D eigenvalue weighted by Crippen LogP contribution is -2.28. The van der Waals surface area contributed by atoms with Crippen molar-refractivity contribution in [2.75, 3.05) is 10.3 Å². The Morgan fingerprint density at radius 2 is 2.12 bits per heavy atom. The Balaban J connectivity index is 2.48. The van der Waals surface area contributed by atoms with Crippen molar-refractivity contribution in [1.29, 1.82) is 0 Å². The van der Waals surface area contributed by atoms with Gasteiger partial charge in [0.05, 0.1) is 11.1 Å². The fraction of sp³-hybridized carbons (Fsp3) is 0.273. The Labute approximate surface area is 93.2 Å².